The van der Waals surface area contributed by atoms with Crippen LogP contribution in [-0.2, 0) is 9.47 Å². The molecule has 2 saturated heterocycles. The van der Waals surface area contributed by atoms with Gasteiger partial charge in [0.05, 0.1) is 11.4 Å². The molecule has 3 heterocycles. The molecule has 140 valence electrons. The fourth-order valence-electron chi connectivity index (χ4n) is 3.42. The lowest BCUT2D eigenvalue weighted by Crippen LogP contribution is -2.27. The first-order valence-electron chi connectivity index (χ1n) is 9.66. The molecule has 0 unspecified atom stereocenters. The third kappa shape index (κ3) is 4.72. The summed E-state index contributed by atoms with van der Waals surface area (Å²) in [7, 11) is 0. The lowest BCUT2D eigenvalue weighted by atomic mass is 10.00. The van der Waals surface area contributed by atoms with E-state index in [0.717, 1.165) is 17.9 Å². The Kier molecular flexibility index (Phi) is 5.78. The van der Waals surface area contributed by atoms with Gasteiger partial charge in [-0.05, 0) is 62.7 Å². The third-order valence-electron chi connectivity index (χ3n) is 5.05. The van der Waals surface area contributed by atoms with E-state index in [4.69, 9.17) is 14.5 Å². The van der Waals surface area contributed by atoms with Gasteiger partial charge in [-0.15, -0.1) is 0 Å². The minimum absolute atomic E-state index is 0.238. The lowest BCUT2D eigenvalue weighted by molar-refractivity contribution is -0.295. The Balaban J connectivity index is 1.61. The van der Waals surface area contributed by atoms with Crippen molar-refractivity contribution in [3.8, 4) is 0 Å². The van der Waals surface area contributed by atoms with Gasteiger partial charge in [0.15, 0.2) is 13.1 Å². The first kappa shape index (κ1) is 18.1. The van der Waals surface area contributed by atoms with E-state index in [1.54, 1.807) is 0 Å². The molecule has 2 fully saturated rings. The lowest BCUT2D eigenvalue weighted by Gasteiger charge is -2.23. The summed E-state index contributed by atoms with van der Waals surface area (Å²) in [5.41, 5.74) is 5.57. The molecule has 4 nitrogen and oxygen atoms in total. The van der Waals surface area contributed by atoms with Gasteiger partial charge in [0.2, 0.25) is 0 Å². The van der Waals surface area contributed by atoms with Crippen molar-refractivity contribution in [2.45, 2.75) is 26.1 Å². The molecular formula is C23H26N2O2. The van der Waals surface area contributed by atoms with Crippen molar-refractivity contribution in [1.29, 1.82) is 0 Å². The Morgan fingerprint density at radius 1 is 1.11 bits per heavy atom. The Morgan fingerprint density at radius 3 is 2.59 bits per heavy atom. The molecule has 0 spiro atoms. The maximum Gasteiger partial charge on any atom is 0.182 e. The predicted octanol–water partition coefficient (Wildman–Crippen LogP) is 4.26. The van der Waals surface area contributed by atoms with Crippen LogP contribution in [0.3, 0.4) is 0 Å². The number of benzene rings is 1. The van der Waals surface area contributed by atoms with Gasteiger partial charge in [0.25, 0.3) is 0 Å². The van der Waals surface area contributed by atoms with Crippen LogP contribution >= 0.6 is 0 Å². The zero-order valence-electron chi connectivity index (χ0n) is 15.8. The van der Waals surface area contributed by atoms with Crippen LogP contribution in [0.5, 0.6) is 0 Å². The standard InChI is InChI=1S/C23H26N2O2/c1-18-7-9-19(10-8-18)21(13-16-25-14-2-3-15-25)22-6-4-5-20(24-22)11-12-23-26-17-27-23/h4-13,23H,2-3,14-17H2,1H3/b12-11+,21-13-. The van der Waals surface area contributed by atoms with Gasteiger partial charge in [-0.2, -0.15) is 0 Å². The monoisotopic (exact) mass is 362 g/mol. The predicted molar refractivity (Wildman–Crippen MR) is 108 cm³/mol. The molecule has 1 aromatic heterocycles. The van der Waals surface area contributed by atoms with E-state index in [2.05, 4.69) is 54.3 Å². The van der Waals surface area contributed by atoms with E-state index < -0.39 is 0 Å². The zero-order chi connectivity index (χ0) is 18.5. The van der Waals surface area contributed by atoms with Crippen molar-refractivity contribution in [2.75, 3.05) is 26.4 Å². The van der Waals surface area contributed by atoms with E-state index in [1.807, 2.05) is 18.2 Å². The second kappa shape index (κ2) is 8.61. The van der Waals surface area contributed by atoms with Crippen LogP contribution in [0.15, 0.2) is 54.6 Å². The topological polar surface area (TPSA) is 34.6 Å². The SMILES string of the molecule is Cc1ccc(/C(=C/CN2CCCC2)c2cccc(/C=C/C3OCO3)n2)cc1. The van der Waals surface area contributed by atoms with Crippen LogP contribution in [0.1, 0.15) is 35.4 Å². The van der Waals surface area contributed by atoms with Crippen molar-refractivity contribution < 1.29 is 9.47 Å². The average Bonchev–Trinajstić information content (AvgIpc) is 3.16. The fraction of sp³-hybridized carbons (Fsp3) is 0.348. The summed E-state index contributed by atoms with van der Waals surface area (Å²) in [4.78, 5) is 7.37. The van der Waals surface area contributed by atoms with Crippen molar-refractivity contribution in [1.82, 2.24) is 9.88 Å². The summed E-state index contributed by atoms with van der Waals surface area (Å²) in [5, 5.41) is 0. The number of likely N-dealkylation sites (tertiary alicyclic amines) is 1. The highest BCUT2D eigenvalue weighted by molar-refractivity contribution is 5.78. The summed E-state index contributed by atoms with van der Waals surface area (Å²) < 4.78 is 10.5. The van der Waals surface area contributed by atoms with E-state index in [9.17, 15) is 0 Å². The molecule has 0 aliphatic carbocycles. The third-order valence-corrected chi connectivity index (χ3v) is 5.05. The Morgan fingerprint density at radius 2 is 1.89 bits per heavy atom. The molecule has 0 atom stereocenters. The smallest absolute Gasteiger partial charge is 0.182 e. The molecule has 2 aliphatic rings. The Hall–Kier alpha value is -2.27. The first-order valence-corrected chi connectivity index (χ1v) is 9.66. The molecule has 2 aromatic rings. The van der Waals surface area contributed by atoms with Crippen LogP contribution in [0.25, 0.3) is 11.6 Å². The number of rotatable bonds is 6. The molecule has 2 aliphatic heterocycles. The van der Waals surface area contributed by atoms with E-state index >= 15 is 0 Å². The Bertz CT molecular complexity index is 817. The van der Waals surface area contributed by atoms with Crippen LogP contribution in [0.2, 0.25) is 0 Å². The molecule has 4 heteroatoms. The maximum absolute atomic E-state index is 5.25. The van der Waals surface area contributed by atoms with Gasteiger partial charge in [0.1, 0.15) is 0 Å². The van der Waals surface area contributed by atoms with Crippen molar-refractivity contribution in [3.63, 3.8) is 0 Å². The second-order valence-corrected chi connectivity index (χ2v) is 7.12. The van der Waals surface area contributed by atoms with Crippen LogP contribution < -0.4 is 0 Å². The van der Waals surface area contributed by atoms with Gasteiger partial charge in [-0.1, -0.05) is 42.0 Å². The van der Waals surface area contributed by atoms with Crippen molar-refractivity contribution >= 4 is 11.6 Å². The maximum atomic E-state index is 5.25. The minimum Gasteiger partial charge on any atom is -0.323 e. The normalized spacial score (nSPS) is 18.9. The first-order chi connectivity index (χ1) is 13.3. The summed E-state index contributed by atoms with van der Waals surface area (Å²) in [6.45, 7) is 5.84. The van der Waals surface area contributed by atoms with Crippen molar-refractivity contribution in [3.05, 3.63) is 77.1 Å². The average molecular weight is 362 g/mol. The minimum atomic E-state index is -0.238. The number of aryl methyl sites for hydroxylation is 1. The Labute approximate surface area is 161 Å². The van der Waals surface area contributed by atoms with Crippen LogP contribution in [0.4, 0.5) is 0 Å². The molecule has 0 radical (unpaired) electrons. The number of ether oxygens (including phenoxy) is 2. The number of hydrogen-bond donors (Lipinski definition) is 0. The number of nitrogens with zero attached hydrogens (tertiary/aromatic N) is 2. The molecule has 1 aromatic carbocycles. The van der Waals surface area contributed by atoms with Crippen molar-refractivity contribution in [2.24, 2.45) is 0 Å². The number of aromatic nitrogens is 1. The van der Waals surface area contributed by atoms with Gasteiger partial charge in [-0.3, -0.25) is 4.90 Å². The molecule has 4 rings (SSSR count). The number of pyridine rings is 1. The molecule has 27 heavy (non-hydrogen) atoms. The van der Waals surface area contributed by atoms with Gasteiger partial charge < -0.3 is 9.47 Å². The van der Waals surface area contributed by atoms with Gasteiger partial charge in [0, 0.05) is 12.1 Å². The van der Waals surface area contributed by atoms with Crippen LogP contribution in [-0.4, -0.2) is 42.6 Å². The molecule has 0 N–H and O–H groups in total. The molecule has 0 saturated carbocycles. The highest BCUT2D eigenvalue weighted by atomic mass is 16.8. The second-order valence-electron chi connectivity index (χ2n) is 7.12. The highest BCUT2D eigenvalue weighted by Crippen LogP contribution is 2.24. The largest absolute Gasteiger partial charge is 0.323 e. The number of hydrogen-bond acceptors (Lipinski definition) is 4. The quantitative estimate of drug-likeness (QED) is 0.769. The van der Waals surface area contributed by atoms with Crippen LogP contribution in [0, 0.1) is 6.92 Å². The van der Waals surface area contributed by atoms with Gasteiger partial charge in [-0.25, -0.2) is 4.98 Å². The summed E-state index contributed by atoms with van der Waals surface area (Å²) in [6, 6.07) is 14.8. The van der Waals surface area contributed by atoms with E-state index in [-0.39, 0.29) is 6.29 Å². The highest BCUT2D eigenvalue weighted by Gasteiger charge is 2.15. The molecule has 0 bridgehead atoms. The molecular weight excluding hydrogens is 336 g/mol. The zero-order valence-corrected chi connectivity index (χ0v) is 15.8. The summed E-state index contributed by atoms with van der Waals surface area (Å²) in [6.07, 6.45) is 8.55. The fourth-order valence-corrected chi connectivity index (χ4v) is 3.42. The van der Waals surface area contributed by atoms with Gasteiger partial charge >= 0.3 is 0 Å². The summed E-state index contributed by atoms with van der Waals surface area (Å²) in [5.74, 6) is 0. The molecule has 0 amide bonds. The van der Waals surface area contributed by atoms with E-state index in [1.165, 1.54) is 42.6 Å². The summed E-state index contributed by atoms with van der Waals surface area (Å²) >= 11 is 0. The van der Waals surface area contributed by atoms with E-state index in [0.29, 0.717) is 6.79 Å².